The van der Waals surface area contributed by atoms with Crippen LogP contribution in [0.1, 0.15) is 60.3 Å². The van der Waals surface area contributed by atoms with Crippen LogP contribution in [0.15, 0.2) is 0 Å². The summed E-state index contributed by atoms with van der Waals surface area (Å²) in [4.78, 5) is 12.0. The molecule has 4 N–H and O–H groups in total. The van der Waals surface area contributed by atoms with Crippen molar-refractivity contribution >= 4 is 5.91 Å². The fraction of sp³-hybridized carbons (Fsp3) is 0.933. The molecule has 2 atom stereocenters. The number of nitrogens with two attached hydrogens (primary N) is 1. The summed E-state index contributed by atoms with van der Waals surface area (Å²) >= 11 is 0. The number of nitrogens with one attached hydrogen (secondary N) is 1. The Hall–Kier alpha value is -0.610. The molecule has 4 nitrogen and oxygen atoms in total. The summed E-state index contributed by atoms with van der Waals surface area (Å²) in [6.45, 7) is 11.0. The van der Waals surface area contributed by atoms with E-state index in [1.165, 1.54) is 0 Å². The van der Waals surface area contributed by atoms with Crippen LogP contribution >= 0.6 is 0 Å². The van der Waals surface area contributed by atoms with Gasteiger partial charge in [0.25, 0.3) is 0 Å². The van der Waals surface area contributed by atoms with Crippen molar-refractivity contribution in [2.24, 2.45) is 17.1 Å². The van der Waals surface area contributed by atoms with E-state index >= 15 is 0 Å². The Balaban J connectivity index is 4.34. The van der Waals surface area contributed by atoms with E-state index in [2.05, 4.69) is 26.1 Å². The molecule has 0 radical (unpaired) electrons. The third kappa shape index (κ3) is 6.92. The van der Waals surface area contributed by atoms with Gasteiger partial charge in [-0.1, -0.05) is 27.7 Å². The monoisotopic (exact) mass is 272 g/mol. The van der Waals surface area contributed by atoms with Crippen LogP contribution < -0.4 is 11.1 Å². The van der Waals surface area contributed by atoms with E-state index in [9.17, 15) is 9.90 Å². The second-order valence-corrected chi connectivity index (χ2v) is 6.80. The molecule has 0 saturated heterocycles. The molecule has 0 saturated carbocycles. The normalized spacial score (nSPS) is 16.8. The molecular formula is C15H32N2O2. The van der Waals surface area contributed by atoms with Crippen LogP contribution in [-0.4, -0.2) is 29.7 Å². The number of rotatable bonds is 8. The molecule has 0 aromatic heterocycles. The molecule has 1 amide bonds. The topological polar surface area (TPSA) is 75.3 Å². The van der Waals surface area contributed by atoms with Gasteiger partial charge in [-0.25, -0.2) is 0 Å². The van der Waals surface area contributed by atoms with E-state index in [1.54, 1.807) is 0 Å². The molecule has 0 aromatic carbocycles. The maximum Gasteiger partial charge on any atom is 0.220 e. The highest BCUT2D eigenvalue weighted by Gasteiger charge is 2.26. The van der Waals surface area contributed by atoms with E-state index in [4.69, 9.17) is 5.73 Å². The lowest BCUT2D eigenvalue weighted by atomic mass is 9.76. The molecule has 4 heteroatoms. The number of carbonyl (C=O) groups is 1. The van der Waals surface area contributed by atoms with Crippen LogP contribution in [0.5, 0.6) is 0 Å². The van der Waals surface area contributed by atoms with Gasteiger partial charge in [0.15, 0.2) is 0 Å². The lowest BCUT2D eigenvalue weighted by Gasteiger charge is -2.31. The highest BCUT2D eigenvalue weighted by molar-refractivity contribution is 5.76. The molecular weight excluding hydrogens is 240 g/mol. The summed E-state index contributed by atoms with van der Waals surface area (Å²) in [5.41, 5.74) is 5.32. The number of aliphatic hydroxyl groups is 1. The first-order valence-electron chi connectivity index (χ1n) is 7.30. The quantitative estimate of drug-likeness (QED) is 0.633. The van der Waals surface area contributed by atoms with E-state index in [-0.39, 0.29) is 17.9 Å². The molecule has 0 bridgehead atoms. The van der Waals surface area contributed by atoms with Crippen LogP contribution in [-0.2, 0) is 4.79 Å². The molecule has 0 heterocycles. The van der Waals surface area contributed by atoms with E-state index in [0.29, 0.717) is 18.9 Å². The van der Waals surface area contributed by atoms with Crippen LogP contribution in [0.4, 0.5) is 0 Å². The fourth-order valence-electron chi connectivity index (χ4n) is 2.16. The van der Waals surface area contributed by atoms with Crippen molar-refractivity contribution in [2.45, 2.75) is 65.8 Å². The van der Waals surface area contributed by atoms with Crippen LogP contribution in [0.3, 0.4) is 0 Å². The SMILES string of the molecule is CCC(C)(CO)NC(=O)CCC(CCN)C(C)(C)C. The zero-order valence-corrected chi connectivity index (χ0v) is 13.3. The third-order valence-electron chi connectivity index (χ3n) is 4.03. The standard InChI is InChI=1S/C15H32N2O2/c1-6-15(5,11-18)17-13(19)8-7-12(9-10-16)14(2,3)4/h12,18H,6-11,16H2,1-5H3,(H,17,19). The predicted octanol–water partition coefficient (Wildman–Crippen LogP) is 2.05. The largest absolute Gasteiger partial charge is 0.394 e. The highest BCUT2D eigenvalue weighted by atomic mass is 16.3. The van der Waals surface area contributed by atoms with Crippen molar-refractivity contribution in [3.63, 3.8) is 0 Å². The molecule has 0 aromatic rings. The highest BCUT2D eigenvalue weighted by Crippen LogP contribution is 2.32. The van der Waals surface area contributed by atoms with Crippen molar-refractivity contribution in [3.8, 4) is 0 Å². The van der Waals surface area contributed by atoms with Gasteiger partial charge in [0, 0.05) is 6.42 Å². The summed E-state index contributed by atoms with van der Waals surface area (Å²) in [5.74, 6) is 0.468. The Bertz CT molecular complexity index is 268. The van der Waals surface area contributed by atoms with Crippen molar-refractivity contribution in [2.75, 3.05) is 13.2 Å². The van der Waals surface area contributed by atoms with Crippen molar-refractivity contribution in [1.82, 2.24) is 5.32 Å². The van der Waals surface area contributed by atoms with E-state index in [1.807, 2.05) is 13.8 Å². The van der Waals surface area contributed by atoms with Crippen LogP contribution in [0.25, 0.3) is 0 Å². The van der Waals surface area contributed by atoms with Crippen LogP contribution in [0.2, 0.25) is 0 Å². The Kier molecular flexibility index (Phi) is 7.60. The molecule has 0 aliphatic carbocycles. The maximum atomic E-state index is 12.0. The molecule has 2 unspecified atom stereocenters. The minimum atomic E-state index is -0.498. The molecule has 0 fully saturated rings. The second kappa shape index (κ2) is 7.85. The van der Waals surface area contributed by atoms with Crippen molar-refractivity contribution < 1.29 is 9.90 Å². The van der Waals surface area contributed by atoms with E-state index < -0.39 is 5.54 Å². The minimum absolute atomic E-state index is 0.0182. The molecule has 0 spiro atoms. The molecule has 0 rings (SSSR count). The lowest BCUT2D eigenvalue weighted by molar-refractivity contribution is -0.123. The number of hydrogen-bond acceptors (Lipinski definition) is 3. The van der Waals surface area contributed by atoms with Gasteiger partial charge in [-0.3, -0.25) is 4.79 Å². The Morgan fingerprint density at radius 3 is 2.21 bits per heavy atom. The first-order chi connectivity index (χ1) is 8.68. The summed E-state index contributed by atoms with van der Waals surface area (Å²) in [7, 11) is 0. The number of hydrogen-bond donors (Lipinski definition) is 3. The summed E-state index contributed by atoms with van der Waals surface area (Å²) < 4.78 is 0. The number of carbonyl (C=O) groups excluding carboxylic acids is 1. The zero-order valence-electron chi connectivity index (χ0n) is 13.3. The van der Waals surface area contributed by atoms with E-state index in [0.717, 1.165) is 19.3 Å². The predicted molar refractivity (Wildman–Crippen MR) is 79.8 cm³/mol. The molecule has 0 aliphatic heterocycles. The average Bonchev–Trinajstić information content (AvgIpc) is 2.32. The summed E-state index contributed by atoms with van der Waals surface area (Å²) in [5, 5.41) is 12.2. The van der Waals surface area contributed by atoms with Gasteiger partial charge >= 0.3 is 0 Å². The third-order valence-corrected chi connectivity index (χ3v) is 4.03. The number of amides is 1. The summed E-state index contributed by atoms with van der Waals surface area (Å²) in [6, 6.07) is 0. The minimum Gasteiger partial charge on any atom is -0.394 e. The van der Waals surface area contributed by atoms with Crippen molar-refractivity contribution in [1.29, 1.82) is 0 Å². The first kappa shape index (κ1) is 18.4. The Labute approximate surface area is 118 Å². The van der Waals surface area contributed by atoms with Gasteiger partial charge in [0.05, 0.1) is 12.1 Å². The van der Waals surface area contributed by atoms with Gasteiger partial charge in [-0.05, 0) is 44.1 Å². The summed E-state index contributed by atoms with van der Waals surface area (Å²) in [6.07, 6.45) is 3.01. The average molecular weight is 272 g/mol. The van der Waals surface area contributed by atoms with Gasteiger partial charge in [-0.15, -0.1) is 0 Å². The second-order valence-electron chi connectivity index (χ2n) is 6.80. The van der Waals surface area contributed by atoms with Crippen molar-refractivity contribution in [3.05, 3.63) is 0 Å². The van der Waals surface area contributed by atoms with Gasteiger partial charge in [0.1, 0.15) is 0 Å². The van der Waals surface area contributed by atoms with Crippen LogP contribution in [0, 0.1) is 11.3 Å². The smallest absolute Gasteiger partial charge is 0.220 e. The number of aliphatic hydroxyl groups excluding tert-OH is 1. The van der Waals surface area contributed by atoms with Gasteiger partial charge in [0.2, 0.25) is 5.91 Å². The Morgan fingerprint density at radius 2 is 1.84 bits per heavy atom. The van der Waals surface area contributed by atoms with Gasteiger partial charge in [-0.2, -0.15) is 0 Å². The van der Waals surface area contributed by atoms with Gasteiger partial charge < -0.3 is 16.2 Å². The maximum absolute atomic E-state index is 12.0. The lowest BCUT2D eigenvalue weighted by Crippen LogP contribution is -2.48. The zero-order chi connectivity index (χ0) is 15.1. The first-order valence-corrected chi connectivity index (χ1v) is 7.30. The Morgan fingerprint density at radius 1 is 1.26 bits per heavy atom. The fourth-order valence-corrected chi connectivity index (χ4v) is 2.16. The molecule has 19 heavy (non-hydrogen) atoms. The molecule has 0 aliphatic rings. The molecule has 114 valence electrons.